The summed E-state index contributed by atoms with van der Waals surface area (Å²) < 4.78 is 13.8. The van der Waals surface area contributed by atoms with Crippen LogP contribution in [0.3, 0.4) is 0 Å². The van der Waals surface area contributed by atoms with Crippen LogP contribution in [0.2, 0.25) is 0 Å². The van der Waals surface area contributed by atoms with Gasteiger partial charge in [0.1, 0.15) is 5.82 Å². The van der Waals surface area contributed by atoms with Crippen molar-refractivity contribution in [3.63, 3.8) is 0 Å². The van der Waals surface area contributed by atoms with Gasteiger partial charge in [0.25, 0.3) is 0 Å². The molecule has 5 heteroatoms. The summed E-state index contributed by atoms with van der Waals surface area (Å²) in [6.07, 6.45) is 0. The molecule has 1 N–H and O–H groups in total. The minimum atomic E-state index is -0.240. The molecule has 0 saturated carbocycles. The lowest BCUT2D eigenvalue weighted by molar-refractivity contribution is 0.162. The third-order valence-electron chi connectivity index (χ3n) is 3.85. The lowest BCUT2D eigenvalue weighted by atomic mass is 10.1. The van der Waals surface area contributed by atoms with Gasteiger partial charge in [0.2, 0.25) is 0 Å². The zero-order chi connectivity index (χ0) is 12.7. The van der Waals surface area contributed by atoms with Crippen LogP contribution in [0.4, 0.5) is 9.18 Å². The number of carbonyl (C=O) groups excluding carboxylic acids is 1. The van der Waals surface area contributed by atoms with E-state index in [0.29, 0.717) is 12.1 Å². The van der Waals surface area contributed by atoms with Crippen molar-refractivity contribution < 1.29 is 9.18 Å². The van der Waals surface area contributed by atoms with E-state index in [1.807, 2.05) is 11.0 Å². The summed E-state index contributed by atoms with van der Waals surface area (Å²) in [7, 11) is 1.74. The van der Waals surface area contributed by atoms with Gasteiger partial charge in [0, 0.05) is 32.2 Å². The van der Waals surface area contributed by atoms with Crippen molar-refractivity contribution in [1.29, 1.82) is 0 Å². The number of halogens is 1. The van der Waals surface area contributed by atoms with E-state index in [4.69, 9.17) is 0 Å². The number of carbonyl (C=O) groups is 1. The second-order valence-electron chi connectivity index (χ2n) is 4.90. The minimum absolute atomic E-state index is 0.00486. The number of nitrogens with one attached hydrogen (secondary N) is 1. The molecule has 1 atom stereocenters. The molecule has 4 nitrogen and oxygen atoms in total. The summed E-state index contributed by atoms with van der Waals surface area (Å²) in [5, 5.41) is 3.15. The largest absolute Gasteiger partial charge is 0.320 e. The lowest BCUT2D eigenvalue weighted by Crippen LogP contribution is -2.57. The molecule has 1 unspecified atom stereocenters. The van der Waals surface area contributed by atoms with E-state index in [2.05, 4.69) is 5.32 Å². The predicted octanol–water partition coefficient (Wildman–Crippen LogP) is 1.21. The molecule has 2 fully saturated rings. The van der Waals surface area contributed by atoms with E-state index < -0.39 is 0 Å². The van der Waals surface area contributed by atoms with Gasteiger partial charge in [-0.15, -0.1) is 0 Å². The van der Waals surface area contributed by atoms with Gasteiger partial charge in [-0.3, -0.25) is 0 Å². The first-order valence-corrected chi connectivity index (χ1v) is 6.17. The van der Waals surface area contributed by atoms with Crippen LogP contribution < -0.4 is 5.32 Å². The number of rotatable bonds is 2. The minimum Gasteiger partial charge on any atom is -0.319 e. The molecule has 0 spiro atoms. The highest BCUT2D eigenvalue weighted by Crippen LogP contribution is 2.31. The summed E-state index contributed by atoms with van der Waals surface area (Å²) >= 11 is 0. The number of hydrogen-bond donors (Lipinski definition) is 1. The van der Waals surface area contributed by atoms with E-state index in [1.165, 1.54) is 6.07 Å². The Morgan fingerprint density at radius 2 is 2.06 bits per heavy atom. The SMILES string of the molecule is CN1C(=O)N(C2CNC2)CC1c1ccccc1F. The third kappa shape index (κ3) is 1.66. The van der Waals surface area contributed by atoms with Crippen molar-refractivity contribution in [2.45, 2.75) is 12.1 Å². The standard InChI is InChI=1S/C13H16FN3O/c1-16-12(10-4-2-3-5-11(10)14)8-17(13(16)18)9-6-15-7-9/h2-5,9,12,15H,6-8H2,1H3. The van der Waals surface area contributed by atoms with E-state index in [1.54, 1.807) is 24.1 Å². The van der Waals surface area contributed by atoms with Crippen LogP contribution in [0.15, 0.2) is 24.3 Å². The summed E-state index contributed by atoms with van der Waals surface area (Å²) in [6.45, 7) is 2.25. The fourth-order valence-corrected chi connectivity index (χ4v) is 2.57. The summed E-state index contributed by atoms with van der Waals surface area (Å²) in [5.41, 5.74) is 0.600. The van der Waals surface area contributed by atoms with Gasteiger partial charge >= 0.3 is 6.03 Å². The Morgan fingerprint density at radius 1 is 1.33 bits per heavy atom. The molecular formula is C13H16FN3O. The maximum Gasteiger partial charge on any atom is 0.320 e. The first kappa shape index (κ1) is 11.5. The smallest absolute Gasteiger partial charge is 0.319 e. The van der Waals surface area contributed by atoms with Gasteiger partial charge < -0.3 is 15.1 Å². The van der Waals surface area contributed by atoms with E-state index in [-0.39, 0.29) is 23.9 Å². The van der Waals surface area contributed by atoms with E-state index >= 15 is 0 Å². The van der Waals surface area contributed by atoms with Crippen molar-refractivity contribution in [2.75, 3.05) is 26.7 Å². The summed E-state index contributed by atoms with van der Waals surface area (Å²) in [5.74, 6) is -0.240. The van der Waals surface area contributed by atoms with Gasteiger partial charge in [0.15, 0.2) is 0 Å². The summed E-state index contributed by atoms with van der Waals surface area (Å²) in [4.78, 5) is 15.6. The Bertz CT molecular complexity index is 475. The molecule has 1 aromatic carbocycles. The first-order chi connectivity index (χ1) is 8.68. The third-order valence-corrected chi connectivity index (χ3v) is 3.85. The van der Waals surface area contributed by atoms with E-state index in [9.17, 15) is 9.18 Å². The molecule has 2 amide bonds. The highest BCUT2D eigenvalue weighted by molar-refractivity contribution is 5.77. The molecule has 18 heavy (non-hydrogen) atoms. The number of nitrogens with zero attached hydrogens (tertiary/aromatic N) is 2. The van der Waals surface area contributed by atoms with Gasteiger partial charge in [-0.2, -0.15) is 0 Å². The van der Waals surface area contributed by atoms with Crippen LogP contribution in [0.25, 0.3) is 0 Å². The molecule has 3 rings (SSSR count). The lowest BCUT2D eigenvalue weighted by Gasteiger charge is -2.34. The van der Waals surface area contributed by atoms with Crippen LogP contribution >= 0.6 is 0 Å². The maximum atomic E-state index is 13.8. The van der Waals surface area contributed by atoms with Crippen molar-refractivity contribution in [1.82, 2.24) is 15.1 Å². The monoisotopic (exact) mass is 249 g/mol. The number of benzene rings is 1. The maximum absolute atomic E-state index is 13.8. The number of urea groups is 1. The van der Waals surface area contributed by atoms with Crippen molar-refractivity contribution in [2.24, 2.45) is 0 Å². The first-order valence-electron chi connectivity index (χ1n) is 6.17. The van der Waals surface area contributed by atoms with Crippen LogP contribution in [0, 0.1) is 5.82 Å². The Kier molecular flexibility index (Phi) is 2.70. The predicted molar refractivity (Wildman–Crippen MR) is 65.7 cm³/mol. The molecule has 96 valence electrons. The fraction of sp³-hybridized carbons (Fsp3) is 0.462. The highest BCUT2D eigenvalue weighted by Gasteiger charge is 2.41. The molecular weight excluding hydrogens is 233 g/mol. The number of hydrogen-bond acceptors (Lipinski definition) is 2. The number of likely N-dealkylation sites (N-methyl/N-ethyl adjacent to an activating group) is 1. The Hall–Kier alpha value is -1.62. The van der Waals surface area contributed by atoms with Crippen LogP contribution in [0.5, 0.6) is 0 Å². The Morgan fingerprint density at radius 3 is 2.67 bits per heavy atom. The zero-order valence-electron chi connectivity index (χ0n) is 10.3. The molecule has 0 bridgehead atoms. The van der Waals surface area contributed by atoms with Crippen molar-refractivity contribution >= 4 is 6.03 Å². The average molecular weight is 249 g/mol. The molecule has 2 heterocycles. The normalized spacial score (nSPS) is 24.6. The molecule has 0 aliphatic carbocycles. The molecule has 0 radical (unpaired) electrons. The zero-order valence-corrected chi connectivity index (χ0v) is 10.3. The molecule has 1 aromatic rings. The molecule has 2 aliphatic rings. The average Bonchev–Trinajstić information content (AvgIpc) is 2.57. The van der Waals surface area contributed by atoms with Crippen molar-refractivity contribution in [3.8, 4) is 0 Å². The molecule has 2 aliphatic heterocycles. The second-order valence-corrected chi connectivity index (χ2v) is 4.90. The second kappa shape index (κ2) is 4.24. The van der Waals surface area contributed by atoms with Gasteiger partial charge in [-0.1, -0.05) is 18.2 Å². The highest BCUT2D eigenvalue weighted by atomic mass is 19.1. The topological polar surface area (TPSA) is 35.6 Å². The van der Waals surface area contributed by atoms with Gasteiger partial charge in [0.05, 0.1) is 12.1 Å². The Labute approximate surface area is 105 Å². The Balaban J connectivity index is 1.86. The number of amides is 2. The molecule has 0 aromatic heterocycles. The van der Waals surface area contributed by atoms with Gasteiger partial charge in [-0.05, 0) is 6.07 Å². The molecule has 2 saturated heterocycles. The van der Waals surface area contributed by atoms with Crippen molar-refractivity contribution in [3.05, 3.63) is 35.6 Å². The van der Waals surface area contributed by atoms with E-state index in [0.717, 1.165) is 13.1 Å². The van der Waals surface area contributed by atoms with Gasteiger partial charge in [-0.25, -0.2) is 9.18 Å². The van der Waals surface area contributed by atoms with Crippen LogP contribution in [-0.4, -0.2) is 48.6 Å². The fourth-order valence-electron chi connectivity index (χ4n) is 2.57. The quantitative estimate of drug-likeness (QED) is 0.855. The summed E-state index contributed by atoms with van der Waals surface area (Å²) in [6, 6.07) is 6.76. The van der Waals surface area contributed by atoms with Crippen LogP contribution in [0.1, 0.15) is 11.6 Å². The van der Waals surface area contributed by atoms with Crippen LogP contribution in [-0.2, 0) is 0 Å².